The fraction of sp³-hybridized carbons (Fsp3) is 0.400. The van der Waals surface area contributed by atoms with Crippen LogP contribution in [0, 0.1) is 0 Å². The Kier molecular flexibility index (Phi) is 9.16. The van der Waals surface area contributed by atoms with Gasteiger partial charge in [0.05, 0.1) is 25.2 Å². The molecule has 2 aromatic carbocycles. The molecule has 1 amide bonds. The molecule has 1 aliphatic heterocycles. The smallest absolute Gasteiger partial charge is 0.239 e. The van der Waals surface area contributed by atoms with E-state index < -0.39 is 0 Å². The number of aryl methyl sites for hydroxylation is 1. The molecule has 0 radical (unpaired) electrons. The van der Waals surface area contributed by atoms with Gasteiger partial charge in [-0.15, -0.1) is 5.10 Å². The maximum absolute atomic E-state index is 12.3. The number of thioether (sulfide) groups is 1. The number of hydrogen-bond donors (Lipinski definition) is 1. The molecule has 1 aliphatic rings. The van der Waals surface area contributed by atoms with Crippen LogP contribution in [0.2, 0.25) is 0 Å². The molecule has 1 atom stereocenters. The van der Waals surface area contributed by atoms with E-state index in [1.165, 1.54) is 30.2 Å². The highest BCUT2D eigenvalue weighted by atomic mass is 32.2. The first kappa shape index (κ1) is 23.9. The minimum atomic E-state index is -0.194. The van der Waals surface area contributed by atoms with Crippen molar-refractivity contribution in [3.05, 3.63) is 59.2 Å². The van der Waals surface area contributed by atoms with Crippen molar-refractivity contribution in [2.24, 2.45) is 10.2 Å². The lowest BCUT2D eigenvalue weighted by atomic mass is 10.0. The first-order valence-electron chi connectivity index (χ1n) is 11.1. The van der Waals surface area contributed by atoms with Crippen molar-refractivity contribution in [1.29, 1.82) is 0 Å². The van der Waals surface area contributed by atoms with Gasteiger partial charge < -0.3 is 14.8 Å². The van der Waals surface area contributed by atoms with Gasteiger partial charge in [-0.2, -0.15) is 5.10 Å². The molecule has 0 bridgehead atoms. The van der Waals surface area contributed by atoms with E-state index in [0.29, 0.717) is 29.7 Å². The van der Waals surface area contributed by atoms with Gasteiger partial charge in [0.2, 0.25) is 5.91 Å². The van der Waals surface area contributed by atoms with Crippen LogP contribution < -0.4 is 14.8 Å². The lowest BCUT2D eigenvalue weighted by molar-refractivity contribution is -0.118. The molecule has 1 fully saturated rings. The molecule has 1 N–H and O–H groups in total. The molecule has 0 saturated carbocycles. The number of ether oxygens (including phenoxy) is 2. The summed E-state index contributed by atoms with van der Waals surface area (Å²) in [5.74, 6) is 1.33. The van der Waals surface area contributed by atoms with E-state index in [4.69, 9.17) is 9.47 Å². The van der Waals surface area contributed by atoms with Gasteiger partial charge in [0.15, 0.2) is 16.7 Å². The molecule has 0 aliphatic carbocycles. The number of methoxy groups -OCH3 is 1. The first-order chi connectivity index (χ1) is 15.6. The second-order valence-electron chi connectivity index (χ2n) is 7.63. The maximum atomic E-state index is 12.3. The minimum absolute atomic E-state index is 0.0295. The van der Waals surface area contributed by atoms with Crippen LogP contribution in [-0.2, 0) is 17.6 Å². The molecule has 1 saturated heterocycles. The van der Waals surface area contributed by atoms with Gasteiger partial charge in [-0.05, 0) is 60.6 Å². The number of unbranched alkanes of at least 4 members (excludes halogenated alkanes) is 1. The average Bonchev–Trinajstić information content (AvgIpc) is 3.16. The van der Waals surface area contributed by atoms with Crippen LogP contribution in [0.5, 0.6) is 11.5 Å². The number of benzene rings is 2. The molecule has 1 heterocycles. The van der Waals surface area contributed by atoms with Crippen LogP contribution in [0.25, 0.3) is 0 Å². The Morgan fingerprint density at radius 1 is 1.06 bits per heavy atom. The summed E-state index contributed by atoms with van der Waals surface area (Å²) < 4.78 is 11.1. The quantitative estimate of drug-likeness (QED) is 0.384. The van der Waals surface area contributed by atoms with Crippen molar-refractivity contribution in [2.75, 3.05) is 13.7 Å². The average molecular weight is 454 g/mol. The van der Waals surface area contributed by atoms with Crippen molar-refractivity contribution in [3.8, 4) is 11.5 Å². The summed E-state index contributed by atoms with van der Waals surface area (Å²) in [6, 6.07) is 14.2. The van der Waals surface area contributed by atoms with Crippen LogP contribution in [0.4, 0.5) is 0 Å². The SMILES string of the molecule is CCCCc1ccc(C[C@H]2S/C(=N\N=C/c3ccc(OCCC)c(OC)c3)NC2=O)cc1. The van der Waals surface area contributed by atoms with Gasteiger partial charge in [-0.3, -0.25) is 4.79 Å². The molecule has 6 nitrogen and oxygen atoms in total. The maximum Gasteiger partial charge on any atom is 0.239 e. The number of carbonyl (C=O) groups is 1. The summed E-state index contributed by atoms with van der Waals surface area (Å²) >= 11 is 1.42. The van der Waals surface area contributed by atoms with E-state index in [1.54, 1.807) is 13.3 Å². The van der Waals surface area contributed by atoms with Crippen LogP contribution in [0.3, 0.4) is 0 Å². The summed E-state index contributed by atoms with van der Waals surface area (Å²) in [4.78, 5) is 12.3. The molecule has 7 heteroatoms. The molecule has 2 aromatic rings. The fourth-order valence-electron chi connectivity index (χ4n) is 3.27. The van der Waals surface area contributed by atoms with Crippen molar-refractivity contribution < 1.29 is 14.3 Å². The van der Waals surface area contributed by atoms with E-state index in [1.807, 2.05) is 18.2 Å². The summed E-state index contributed by atoms with van der Waals surface area (Å²) in [5, 5.41) is 11.5. The second-order valence-corrected chi connectivity index (χ2v) is 8.82. The lowest BCUT2D eigenvalue weighted by Gasteiger charge is -2.10. The van der Waals surface area contributed by atoms with E-state index >= 15 is 0 Å². The highest BCUT2D eigenvalue weighted by Gasteiger charge is 2.30. The van der Waals surface area contributed by atoms with Gasteiger partial charge in [-0.1, -0.05) is 56.3 Å². The molecule has 0 unspecified atom stereocenters. The molecule has 170 valence electrons. The Morgan fingerprint density at radius 2 is 1.84 bits per heavy atom. The van der Waals surface area contributed by atoms with E-state index in [-0.39, 0.29) is 11.2 Å². The van der Waals surface area contributed by atoms with Crippen molar-refractivity contribution >= 4 is 29.1 Å². The standard InChI is InChI=1S/C25H31N3O3S/c1-4-6-7-18-8-10-19(11-9-18)16-23-24(29)27-25(32-23)28-26-17-20-12-13-21(31-14-5-2)22(15-20)30-3/h8-13,15,17,23H,4-7,14,16H2,1-3H3,(H,27,28,29)/b26-17-/t23-/m1/s1. The normalized spacial score (nSPS) is 17.2. The van der Waals surface area contributed by atoms with Crippen molar-refractivity contribution in [3.63, 3.8) is 0 Å². The molecular formula is C25H31N3O3S. The van der Waals surface area contributed by atoms with Gasteiger partial charge in [0, 0.05) is 0 Å². The fourth-order valence-corrected chi connectivity index (χ4v) is 4.23. The third-order valence-corrected chi connectivity index (χ3v) is 6.12. The second kappa shape index (κ2) is 12.3. The number of hydrogen-bond acceptors (Lipinski definition) is 6. The van der Waals surface area contributed by atoms with Crippen LogP contribution in [-0.4, -0.2) is 36.3 Å². The molecule has 3 rings (SSSR count). The number of amides is 1. The zero-order valence-electron chi connectivity index (χ0n) is 19.0. The summed E-state index contributed by atoms with van der Waals surface area (Å²) in [6.07, 6.45) is 6.72. The number of nitrogens with zero attached hydrogens (tertiary/aromatic N) is 2. The molecule has 0 aromatic heterocycles. The lowest BCUT2D eigenvalue weighted by Crippen LogP contribution is -2.25. The van der Waals surface area contributed by atoms with Crippen LogP contribution in [0.15, 0.2) is 52.7 Å². The van der Waals surface area contributed by atoms with Crippen LogP contribution >= 0.6 is 11.8 Å². The Labute approximate surface area is 194 Å². The van der Waals surface area contributed by atoms with E-state index in [0.717, 1.165) is 24.0 Å². The van der Waals surface area contributed by atoms with Gasteiger partial charge in [0.1, 0.15) is 0 Å². The number of nitrogens with one attached hydrogen (secondary N) is 1. The van der Waals surface area contributed by atoms with E-state index in [9.17, 15) is 4.79 Å². The molecule has 32 heavy (non-hydrogen) atoms. The monoisotopic (exact) mass is 453 g/mol. The number of carbonyl (C=O) groups excluding carboxylic acids is 1. The minimum Gasteiger partial charge on any atom is -0.493 e. The van der Waals surface area contributed by atoms with Crippen molar-refractivity contribution in [2.45, 2.75) is 51.2 Å². The Morgan fingerprint density at radius 3 is 2.56 bits per heavy atom. The first-order valence-corrected chi connectivity index (χ1v) is 12.0. The van der Waals surface area contributed by atoms with Gasteiger partial charge in [-0.25, -0.2) is 0 Å². The van der Waals surface area contributed by atoms with Gasteiger partial charge in [0.25, 0.3) is 0 Å². The molecule has 0 spiro atoms. The highest BCUT2D eigenvalue weighted by molar-refractivity contribution is 8.15. The highest BCUT2D eigenvalue weighted by Crippen LogP contribution is 2.28. The third-order valence-electron chi connectivity index (χ3n) is 5.04. The summed E-state index contributed by atoms with van der Waals surface area (Å²) in [5.41, 5.74) is 3.33. The zero-order chi connectivity index (χ0) is 22.8. The van der Waals surface area contributed by atoms with E-state index in [2.05, 4.69) is 53.6 Å². The Hall–Kier alpha value is -2.80. The largest absolute Gasteiger partial charge is 0.493 e. The molecular weight excluding hydrogens is 422 g/mol. The van der Waals surface area contributed by atoms with Gasteiger partial charge >= 0.3 is 0 Å². The Bertz CT molecular complexity index is 957. The zero-order valence-corrected chi connectivity index (χ0v) is 19.8. The predicted molar refractivity (Wildman–Crippen MR) is 132 cm³/mol. The van der Waals surface area contributed by atoms with Crippen molar-refractivity contribution in [1.82, 2.24) is 5.32 Å². The Balaban J connectivity index is 1.57. The predicted octanol–water partition coefficient (Wildman–Crippen LogP) is 4.99. The summed E-state index contributed by atoms with van der Waals surface area (Å²) in [6.45, 7) is 4.89. The number of amidine groups is 1. The topological polar surface area (TPSA) is 72.3 Å². The third kappa shape index (κ3) is 6.85. The summed E-state index contributed by atoms with van der Waals surface area (Å²) in [7, 11) is 1.61. The number of rotatable bonds is 11. The van der Waals surface area contributed by atoms with Crippen LogP contribution in [0.1, 0.15) is 49.8 Å².